The summed E-state index contributed by atoms with van der Waals surface area (Å²) >= 11 is 7.52. The molecule has 1 saturated carbocycles. The van der Waals surface area contributed by atoms with Crippen LogP contribution in [-0.4, -0.2) is 31.5 Å². The van der Waals surface area contributed by atoms with Crippen LogP contribution >= 0.6 is 23.4 Å². The molecular weight excluding hydrogens is 470 g/mol. The molecule has 1 aromatic heterocycles. The molecule has 1 fully saturated rings. The molecule has 1 heterocycles. The van der Waals surface area contributed by atoms with Gasteiger partial charge in [0, 0.05) is 5.69 Å². The molecule has 9 heteroatoms. The van der Waals surface area contributed by atoms with Crippen molar-refractivity contribution in [1.29, 1.82) is 5.26 Å². The van der Waals surface area contributed by atoms with Gasteiger partial charge in [-0.3, -0.25) is 9.36 Å². The fraction of sp³-hybridized carbons (Fsp3) is 0.360. The molecule has 0 saturated heterocycles. The number of ether oxygens (including phenoxy) is 1. The molecule has 7 nitrogen and oxygen atoms in total. The largest absolute Gasteiger partial charge is 0.484 e. The topological polar surface area (TPSA) is 92.8 Å². The number of carbonyl (C=O) groups is 1. The van der Waals surface area contributed by atoms with Gasteiger partial charge in [0.25, 0.3) is 0 Å². The van der Waals surface area contributed by atoms with Crippen LogP contribution in [0.2, 0.25) is 5.02 Å². The van der Waals surface area contributed by atoms with E-state index < -0.39 is 10.8 Å². The lowest BCUT2D eigenvalue weighted by atomic mass is 9.83. The first-order valence-corrected chi connectivity index (χ1v) is 12.5. The fourth-order valence-electron chi connectivity index (χ4n) is 3.98. The second-order valence-corrected chi connectivity index (χ2v) is 10.0. The van der Waals surface area contributed by atoms with Gasteiger partial charge in [-0.15, -0.1) is 10.2 Å². The highest BCUT2D eigenvalue weighted by Crippen LogP contribution is 2.31. The number of thioether (sulfide) groups is 1. The smallest absolute Gasteiger partial charge is 0.234 e. The Bertz CT molecular complexity index is 1170. The zero-order valence-corrected chi connectivity index (χ0v) is 20.5. The van der Waals surface area contributed by atoms with Gasteiger partial charge in [0.05, 0.1) is 16.3 Å². The molecule has 1 amide bonds. The van der Waals surface area contributed by atoms with E-state index in [0.717, 1.165) is 24.9 Å². The van der Waals surface area contributed by atoms with E-state index in [1.165, 1.54) is 11.8 Å². The third-order valence-corrected chi connectivity index (χ3v) is 7.20. The maximum atomic E-state index is 13.0. The lowest BCUT2D eigenvalue weighted by molar-refractivity contribution is -0.121. The fourth-order valence-corrected chi connectivity index (χ4v) is 5.06. The summed E-state index contributed by atoms with van der Waals surface area (Å²) in [4.78, 5) is 13.0. The lowest BCUT2D eigenvalue weighted by Gasteiger charge is -2.32. The van der Waals surface area contributed by atoms with Crippen molar-refractivity contribution in [2.75, 3.05) is 0 Å². The SMILES string of the molecule is CC(Sc1nnc(COc2ccccc2Cl)n1-c1ccccc1)C(=O)NC1(C#N)CCCCC1. The molecule has 1 atom stereocenters. The van der Waals surface area contributed by atoms with Crippen LogP contribution in [0.15, 0.2) is 59.8 Å². The number of halogens is 1. The standard InChI is InChI=1S/C25H26ClN5O2S/c1-18(23(32)28-25(17-27)14-8-3-9-15-25)34-24-30-29-22(31(24)19-10-4-2-5-11-19)16-33-21-13-7-6-12-20(21)26/h2,4-7,10-13,18H,3,8-9,14-16H2,1H3,(H,28,32). The quantitative estimate of drug-likeness (QED) is 0.425. The molecular formula is C25H26ClN5O2S. The minimum atomic E-state index is -0.773. The molecule has 1 N–H and O–H groups in total. The van der Waals surface area contributed by atoms with Crippen LogP contribution in [0.5, 0.6) is 5.75 Å². The van der Waals surface area contributed by atoms with Gasteiger partial charge >= 0.3 is 0 Å². The molecule has 1 aliphatic carbocycles. The Morgan fingerprint density at radius 3 is 2.59 bits per heavy atom. The predicted molar refractivity (Wildman–Crippen MR) is 132 cm³/mol. The first kappa shape index (κ1) is 24.1. The van der Waals surface area contributed by atoms with E-state index in [0.29, 0.717) is 34.6 Å². The van der Waals surface area contributed by atoms with Crippen molar-refractivity contribution in [2.24, 2.45) is 0 Å². The van der Waals surface area contributed by atoms with E-state index in [4.69, 9.17) is 16.3 Å². The molecule has 176 valence electrons. The second-order valence-electron chi connectivity index (χ2n) is 8.29. The molecule has 1 unspecified atom stereocenters. The number of nitrogens with zero attached hydrogens (tertiary/aromatic N) is 4. The summed E-state index contributed by atoms with van der Waals surface area (Å²) in [5, 5.41) is 22.0. The minimum absolute atomic E-state index is 0.157. The minimum Gasteiger partial charge on any atom is -0.484 e. The number of aromatic nitrogens is 3. The number of hydrogen-bond donors (Lipinski definition) is 1. The van der Waals surface area contributed by atoms with Crippen LogP contribution in [0.4, 0.5) is 0 Å². The summed E-state index contributed by atoms with van der Waals surface area (Å²) in [7, 11) is 0. The summed E-state index contributed by atoms with van der Waals surface area (Å²) < 4.78 is 7.78. The molecule has 0 spiro atoms. The molecule has 0 bridgehead atoms. The van der Waals surface area contributed by atoms with Gasteiger partial charge < -0.3 is 10.1 Å². The molecule has 4 rings (SSSR count). The normalized spacial score (nSPS) is 15.8. The van der Waals surface area contributed by atoms with Crippen LogP contribution in [0.3, 0.4) is 0 Å². The summed E-state index contributed by atoms with van der Waals surface area (Å²) in [5.74, 6) is 0.968. The van der Waals surface area contributed by atoms with Crippen LogP contribution in [0.1, 0.15) is 44.9 Å². The first-order valence-electron chi connectivity index (χ1n) is 11.3. The zero-order valence-electron chi connectivity index (χ0n) is 18.9. The van der Waals surface area contributed by atoms with Gasteiger partial charge in [-0.25, -0.2) is 0 Å². The number of rotatable bonds is 8. The summed E-state index contributed by atoms with van der Waals surface area (Å²) in [6.45, 7) is 1.97. The van der Waals surface area contributed by atoms with Gasteiger partial charge in [0.1, 0.15) is 17.9 Å². The van der Waals surface area contributed by atoms with E-state index in [1.807, 2.05) is 54.0 Å². The summed E-state index contributed by atoms with van der Waals surface area (Å²) in [6, 6.07) is 19.3. The van der Waals surface area contributed by atoms with Gasteiger partial charge in [-0.05, 0) is 44.0 Å². The predicted octanol–water partition coefficient (Wildman–Crippen LogP) is 5.32. The van der Waals surface area contributed by atoms with Crippen LogP contribution in [-0.2, 0) is 11.4 Å². The summed E-state index contributed by atoms with van der Waals surface area (Å²) in [6.07, 6.45) is 4.38. The zero-order chi connectivity index (χ0) is 24.0. The number of hydrogen-bond acceptors (Lipinski definition) is 6. The number of amides is 1. The van der Waals surface area contributed by atoms with Crippen molar-refractivity contribution in [2.45, 2.75) is 61.6 Å². The van der Waals surface area contributed by atoms with E-state index in [1.54, 1.807) is 12.1 Å². The number of carbonyl (C=O) groups excluding carboxylic acids is 1. The molecule has 3 aromatic rings. The van der Waals surface area contributed by atoms with Crippen LogP contribution in [0, 0.1) is 11.3 Å². The Morgan fingerprint density at radius 1 is 1.18 bits per heavy atom. The van der Waals surface area contributed by atoms with Gasteiger partial charge in [0.2, 0.25) is 5.91 Å². The van der Waals surface area contributed by atoms with E-state index in [-0.39, 0.29) is 12.5 Å². The van der Waals surface area contributed by atoms with Crippen molar-refractivity contribution < 1.29 is 9.53 Å². The van der Waals surface area contributed by atoms with Crippen molar-refractivity contribution in [3.8, 4) is 17.5 Å². The van der Waals surface area contributed by atoms with E-state index in [9.17, 15) is 10.1 Å². The average molecular weight is 496 g/mol. The molecule has 0 aliphatic heterocycles. The maximum absolute atomic E-state index is 13.0. The third kappa shape index (κ3) is 5.54. The summed E-state index contributed by atoms with van der Waals surface area (Å²) in [5.41, 5.74) is 0.0896. The Hall–Kier alpha value is -3.02. The van der Waals surface area contributed by atoms with Gasteiger partial charge in [0.15, 0.2) is 11.0 Å². The van der Waals surface area contributed by atoms with Crippen molar-refractivity contribution >= 4 is 29.3 Å². The van der Waals surface area contributed by atoms with Crippen molar-refractivity contribution in [3.05, 3.63) is 65.4 Å². The third-order valence-electron chi connectivity index (χ3n) is 5.84. The number of para-hydroxylation sites is 2. The monoisotopic (exact) mass is 495 g/mol. The lowest BCUT2D eigenvalue weighted by Crippen LogP contribution is -2.51. The van der Waals surface area contributed by atoms with Gasteiger partial charge in [-0.2, -0.15) is 5.26 Å². The molecule has 2 aromatic carbocycles. The van der Waals surface area contributed by atoms with Crippen LogP contribution in [0.25, 0.3) is 5.69 Å². The Kier molecular flexibility index (Phi) is 7.76. The Labute approximate surface area is 208 Å². The first-order chi connectivity index (χ1) is 16.5. The number of benzene rings is 2. The van der Waals surface area contributed by atoms with E-state index >= 15 is 0 Å². The van der Waals surface area contributed by atoms with Crippen LogP contribution < -0.4 is 10.1 Å². The Balaban J connectivity index is 1.53. The average Bonchev–Trinajstić information content (AvgIpc) is 3.26. The van der Waals surface area contributed by atoms with Crippen molar-refractivity contribution in [1.82, 2.24) is 20.1 Å². The highest BCUT2D eigenvalue weighted by Gasteiger charge is 2.35. The molecule has 34 heavy (non-hydrogen) atoms. The number of nitriles is 1. The van der Waals surface area contributed by atoms with E-state index in [2.05, 4.69) is 21.6 Å². The highest BCUT2D eigenvalue weighted by atomic mass is 35.5. The highest BCUT2D eigenvalue weighted by molar-refractivity contribution is 8.00. The molecule has 1 aliphatic rings. The van der Waals surface area contributed by atoms with Gasteiger partial charge in [-0.1, -0.05) is 73.0 Å². The van der Waals surface area contributed by atoms with Crippen molar-refractivity contribution in [3.63, 3.8) is 0 Å². The Morgan fingerprint density at radius 2 is 1.88 bits per heavy atom. The second kappa shape index (κ2) is 10.9. The molecule has 0 radical (unpaired) electrons. The maximum Gasteiger partial charge on any atom is 0.234 e. The number of nitrogens with one attached hydrogen (secondary N) is 1.